The lowest BCUT2D eigenvalue weighted by Crippen LogP contribution is -2.25. The first kappa shape index (κ1) is 27.7. The topological polar surface area (TPSA) is 24.5 Å². The summed E-state index contributed by atoms with van der Waals surface area (Å²) >= 11 is 1.91. The molecule has 0 bridgehead atoms. The molecule has 0 spiro atoms. The molecular weight excluding hydrogens is 520 g/mol. The Balaban J connectivity index is 1.10. The zero-order chi connectivity index (χ0) is 27.9. The Morgan fingerprint density at radius 1 is 0.780 bits per heavy atom. The van der Waals surface area contributed by atoms with Crippen LogP contribution in [-0.4, -0.2) is 37.7 Å². The molecule has 1 fully saturated rings. The van der Waals surface area contributed by atoms with Gasteiger partial charge in [0.25, 0.3) is 0 Å². The van der Waals surface area contributed by atoms with E-state index in [2.05, 4.69) is 114 Å². The van der Waals surface area contributed by atoms with Crippen molar-refractivity contribution in [3.05, 3.63) is 125 Å². The molecule has 0 unspecified atom stereocenters. The van der Waals surface area contributed by atoms with Crippen LogP contribution < -0.4 is 10.1 Å². The molecule has 1 aliphatic heterocycles. The van der Waals surface area contributed by atoms with E-state index in [1.807, 2.05) is 11.3 Å². The highest BCUT2D eigenvalue weighted by molar-refractivity contribution is 7.22. The lowest BCUT2D eigenvalue weighted by atomic mass is 9.98. The number of fused-ring (bicyclic) bond motifs is 1. The second-order valence-corrected chi connectivity index (χ2v) is 12.3. The molecule has 4 aromatic carbocycles. The van der Waals surface area contributed by atoms with Crippen LogP contribution in [0.2, 0.25) is 0 Å². The van der Waals surface area contributed by atoms with Gasteiger partial charge in [-0.1, -0.05) is 84.4 Å². The molecule has 1 saturated heterocycles. The van der Waals surface area contributed by atoms with E-state index in [0.29, 0.717) is 0 Å². The highest BCUT2D eigenvalue weighted by Crippen LogP contribution is 2.40. The molecule has 1 N–H and O–H groups in total. The summed E-state index contributed by atoms with van der Waals surface area (Å²) in [7, 11) is 0. The van der Waals surface area contributed by atoms with Crippen LogP contribution >= 0.6 is 11.3 Å². The zero-order valence-electron chi connectivity index (χ0n) is 24.1. The van der Waals surface area contributed by atoms with Crippen molar-refractivity contribution in [3.8, 4) is 16.2 Å². The number of ether oxygens (including phenoxy) is 1. The second-order valence-electron chi connectivity index (χ2n) is 11.2. The summed E-state index contributed by atoms with van der Waals surface area (Å²) in [5, 5.41) is 4.95. The van der Waals surface area contributed by atoms with Gasteiger partial charge in [0.15, 0.2) is 0 Å². The lowest BCUT2D eigenvalue weighted by molar-refractivity contribution is 0.238. The molecule has 6 rings (SSSR count). The van der Waals surface area contributed by atoms with Crippen molar-refractivity contribution < 1.29 is 4.74 Å². The summed E-state index contributed by atoms with van der Waals surface area (Å²) < 4.78 is 7.40. The first-order valence-corrected chi connectivity index (χ1v) is 15.8. The van der Waals surface area contributed by atoms with Crippen LogP contribution in [-0.2, 0) is 19.4 Å². The van der Waals surface area contributed by atoms with E-state index in [9.17, 15) is 0 Å². The minimum Gasteiger partial charge on any atom is -0.492 e. The summed E-state index contributed by atoms with van der Waals surface area (Å²) in [5.74, 6) is 0.965. The number of thiophene rings is 1. The van der Waals surface area contributed by atoms with Crippen molar-refractivity contribution in [2.75, 3.05) is 32.8 Å². The highest BCUT2D eigenvalue weighted by atomic mass is 32.1. The van der Waals surface area contributed by atoms with E-state index in [0.717, 1.165) is 44.8 Å². The summed E-state index contributed by atoms with van der Waals surface area (Å²) in [5.41, 5.74) is 8.05. The fourth-order valence-corrected chi connectivity index (χ4v) is 6.94. The maximum Gasteiger partial charge on any atom is 0.119 e. The molecule has 5 aromatic rings. The Kier molecular flexibility index (Phi) is 9.11. The van der Waals surface area contributed by atoms with Gasteiger partial charge >= 0.3 is 0 Å². The minimum absolute atomic E-state index is 0.761. The number of nitrogens with zero attached hydrogens (tertiary/aromatic N) is 1. The van der Waals surface area contributed by atoms with Crippen LogP contribution in [0.4, 0.5) is 0 Å². The average molecular weight is 561 g/mol. The van der Waals surface area contributed by atoms with E-state index in [-0.39, 0.29) is 0 Å². The molecule has 0 atom stereocenters. The molecule has 1 aromatic heterocycles. The molecule has 210 valence electrons. The molecule has 0 aliphatic carbocycles. The van der Waals surface area contributed by atoms with Gasteiger partial charge in [-0.05, 0) is 104 Å². The monoisotopic (exact) mass is 560 g/mol. The largest absolute Gasteiger partial charge is 0.492 e. The van der Waals surface area contributed by atoms with Crippen LogP contribution in [0.25, 0.3) is 20.5 Å². The third-order valence-electron chi connectivity index (χ3n) is 8.13. The predicted octanol–water partition coefficient (Wildman–Crippen LogP) is 8.27. The van der Waals surface area contributed by atoms with Gasteiger partial charge in [-0.2, -0.15) is 0 Å². The Morgan fingerprint density at radius 3 is 2.27 bits per heavy atom. The van der Waals surface area contributed by atoms with Gasteiger partial charge in [-0.3, -0.25) is 4.90 Å². The van der Waals surface area contributed by atoms with Gasteiger partial charge in [0, 0.05) is 22.7 Å². The summed E-state index contributed by atoms with van der Waals surface area (Å²) in [6.45, 7) is 8.23. The Labute approximate surface area is 248 Å². The molecular formula is C37H40N2OS. The SMILES string of the molecule is Cc1ccc(CNCCc2ccc(-c3sc4ccccc4c3Cc3ccc(OCCN4CCCC4)cc3)cc2)cc1. The summed E-state index contributed by atoms with van der Waals surface area (Å²) in [4.78, 5) is 3.87. The maximum atomic E-state index is 6.05. The van der Waals surface area contributed by atoms with E-state index in [1.165, 1.54) is 74.3 Å². The molecule has 4 heteroatoms. The lowest BCUT2D eigenvalue weighted by Gasteiger charge is -2.15. The van der Waals surface area contributed by atoms with Crippen LogP contribution in [0.3, 0.4) is 0 Å². The molecule has 0 amide bonds. The number of aryl methyl sites for hydroxylation is 1. The number of likely N-dealkylation sites (tertiary alicyclic amines) is 1. The Hall–Kier alpha value is -3.44. The van der Waals surface area contributed by atoms with Gasteiger partial charge in [-0.25, -0.2) is 0 Å². The maximum absolute atomic E-state index is 6.05. The van der Waals surface area contributed by atoms with Crippen molar-refractivity contribution in [2.45, 2.75) is 39.2 Å². The molecule has 0 radical (unpaired) electrons. The quantitative estimate of drug-likeness (QED) is 0.155. The van der Waals surface area contributed by atoms with Crippen LogP contribution in [0.5, 0.6) is 5.75 Å². The highest BCUT2D eigenvalue weighted by Gasteiger charge is 2.15. The van der Waals surface area contributed by atoms with Crippen molar-refractivity contribution >= 4 is 21.4 Å². The van der Waals surface area contributed by atoms with Crippen molar-refractivity contribution in [3.63, 3.8) is 0 Å². The number of hydrogen-bond acceptors (Lipinski definition) is 4. The van der Waals surface area contributed by atoms with Gasteiger partial charge in [-0.15, -0.1) is 11.3 Å². The third kappa shape index (κ3) is 7.26. The van der Waals surface area contributed by atoms with Crippen LogP contribution in [0.1, 0.15) is 40.7 Å². The molecule has 3 nitrogen and oxygen atoms in total. The van der Waals surface area contributed by atoms with Crippen molar-refractivity contribution in [2.24, 2.45) is 0 Å². The average Bonchev–Trinajstić information content (AvgIpc) is 3.66. The fraction of sp³-hybridized carbons (Fsp3) is 0.297. The molecule has 0 saturated carbocycles. The summed E-state index contributed by atoms with van der Waals surface area (Å²) in [6, 6.07) is 35.5. The van der Waals surface area contributed by atoms with E-state index in [1.54, 1.807) is 0 Å². The van der Waals surface area contributed by atoms with Crippen molar-refractivity contribution in [1.29, 1.82) is 0 Å². The number of rotatable bonds is 12. The Morgan fingerprint density at radius 2 is 1.49 bits per heavy atom. The van der Waals surface area contributed by atoms with E-state index in [4.69, 9.17) is 4.74 Å². The molecule has 2 heterocycles. The standard InChI is InChI=1S/C37H40N2OS/c1-28-8-10-31(11-9-28)27-38-21-20-29-12-16-32(17-13-29)37-35(34-6-2-3-7-36(34)41-37)26-30-14-18-33(19-15-30)40-25-24-39-22-4-5-23-39/h2-3,6-19,38H,4-5,20-27H2,1H3. The van der Waals surface area contributed by atoms with Gasteiger partial charge < -0.3 is 10.1 Å². The summed E-state index contributed by atoms with van der Waals surface area (Å²) in [6.07, 6.45) is 4.59. The third-order valence-corrected chi connectivity index (χ3v) is 9.40. The van der Waals surface area contributed by atoms with E-state index < -0.39 is 0 Å². The fourth-order valence-electron chi connectivity index (χ4n) is 5.71. The van der Waals surface area contributed by atoms with Crippen molar-refractivity contribution in [1.82, 2.24) is 10.2 Å². The normalized spacial score (nSPS) is 13.7. The van der Waals surface area contributed by atoms with Gasteiger partial charge in [0.05, 0.1) is 0 Å². The zero-order valence-corrected chi connectivity index (χ0v) is 24.9. The number of hydrogen-bond donors (Lipinski definition) is 1. The van der Waals surface area contributed by atoms with Crippen LogP contribution in [0.15, 0.2) is 97.1 Å². The van der Waals surface area contributed by atoms with Crippen LogP contribution in [0, 0.1) is 6.92 Å². The molecule has 41 heavy (non-hydrogen) atoms. The smallest absolute Gasteiger partial charge is 0.119 e. The Bertz CT molecular complexity index is 1530. The second kappa shape index (κ2) is 13.5. The number of benzene rings is 4. The first-order chi connectivity index (χ1) is 20.2. The number of nitrogens with one attached hydrogen (secondary N) is 1. The first-order valence-electron chi connectivity index (χ1n) is 15.0. The van der Waals surface area contributed by atoms with Gasteiger partial charge in [0.1, 0.15) is 12.4 Å². The van der Waals surface area contributed by atoms with Gasteiger partial charge in [0.2, 0.25) is 0 Å². The predicted molar refractivity (Wildman–Crippen MR) is 174 cm³/mol. The van der Waals surface area contributed by atoms with E-state index >= 15 is 0 Å². The molecule has 1 aliphatic rings. The minimum atomic E-state index is 0.761.